The van der Waals surface area contributed by atoms with E-state index in [2.05, 4.69) is 57.9 Å². The number of nitriles is 3. The molecule has 732 valence electrons. The third-order valence-electron chi connectivity index (χ3n) is 24.8. The van der Waals surface area contributed by atoms with Gasteiger partial charge in [-0.3, -0.25) is 57.4 Å². The number of hydrogen-bond acceptors (Lipinski definition) is 21. The van der Waals surface area contributed by atoms with Crippen LogP contribution in [0.1, 0.15) is 151 Å². The van der Waals surface area contributed by atoms with Crippen molar-refractivity contribution in [2.45, 2.75) is 158 Å². The number of benzene rings is 3. The SMILES string of the molecule is C=CC(=O)N1[C@H](C)CN(c2c(C#N)c(=O)n(-c3c(C)ccnc3C(C)C)c3nc(-c4c(O)c(F)c(Cl)c(Cl)c4Cl)c(Cl)cc23)C[C@@H]1C.C=CC(=O)N1[C@H](C)CN(c2c(C#N)c(=O)n(-c3c(C)ccnc3C(C)C)c3nc(-c4c(O)c(F)c(Cl)c(Cl)c4Cl)c(Cl)cc23)C[C@@H]1C.C=CC(=O)N1[C@H](C)CN(c2c(C#N)c(=O)n(-c3c(C)ccnc3C(C)C)c3nc(-c4c(O)c(F)c(Cl)c(Cl)c4F)c(Cl)cc23)C[C@@H]1C. The van der Waals surface area contributed by atoms with Crippen LogP contribution >= 0.6 is 128 Å². The number of rotatable bonds is 15. The molecule has 0 unspecified atom stereocenters. The highest BCUT2D eigenvalue weighted by molar-refractivity contribution is 6.51. The van der Waals surface area contributed by atoms with E-state index in [0.717, 1.165) is 0 Å². The molecule has 3 aromatic carbocycles. The van der Waals surface area contributed by atoms with Gasteiger partial charge in [-0.05, 0) is 151 Å². The number of phenolic OH excluding ortho intramolecular Hbond substituents is 3. The van der Waals surface area contributed by atoms with E-state index in [-0.39, 0.29) is 225 Å². The molecule has 0 radical (unpaired) electrons. The van der Waals surface area contributed by atoms with E-state index in [9.17, 15) is 64.3 Å². The van der Waals surface area contributed by atoms with Gasteiger partial charge in [0.1, 0.15) is 66.9 Å². The minimum absolute atomic E-state index is 0.0354. The van der Waals surface area contributed by atoms with Gasteiger partial charge in [-0.1, -0.05) is 189 Å². The van der Waals surface area contributed by atoms with Crippen molar-refractivity contribution in [1.29, 1.82) is 15.8 Å². The topological polar surface area (TPSA) is 346 Å². The molecule has 0 saturated carbocycles. The zero-order chi connectivity index (χ0) is 104. The molecule has 0 bridgehead atoms. The molecule has 12 heterocycles. The molecule has 27 nitrogen and oxygen atoms in total. The van der Waals surface area contributed by atoms with Gasteiger partial charge in [0.05, 0.1) is 125 Å². The molecule has 42 heteroatoms. The van der Waals surface area contributed by atoms with Crippen LogP contribution in [-0.2, 0) is 14.4 Å². The molecule has 12 aromatic rings. The highest BCUT2D eigenvalue weighted by Gasteiger charge is 2.42. The maximum atomic E-state index is 15.6. The minimum atomic E-state index is -1.39. The summed E-state index contributed by atoms with van der Waals surface area (Å²) in [5.74, 6) is -9.40. The third-order valence-corrected chi connectivity index (χ3v) is 29.0. The van der Waals surface area contributed by atoms with Crippen LogP contribution in [-0.4, -0.2) is 167 Å². The van der Waals surface area contributed by atoms with Crippen LogP contribution in [0.5, 0.6) is 17.2 Å². The van der Waals surface area contributed by atoms with Crippen LogP contribution in [0.3, 0.4) is 0 Å². The Morgan fingerprint density at radius 2 is 0.610 bits per heavy atom. The average Bonchev–Trinajstić information content (AvgIpc) is 0.725. The largest absolute Gasteiger partial charge is 0.504 e. The van der Waals surface area contributed by atoms with Crippen LogP contribution < -0.4 is 31.4 Å². The fourth-order valence-electron chi connectivity index (χ4n) is 18.7. The van der Waals surface area contributed by atoms with E-state index >= 15 is 13.2 Å². The predicted octanol–water partition coefficient (Wildman–Crippen LogP) is 22.9. The number of pyridine rings is 9. The van der Waals surface area contributed by atoms with Crippen molar-refractivity contribution in [3.63, 3.8) is 0 Å². The molecule has 9 aromatic heterocycles. The Kier molecular flexibility index (Phi) is 31.6. The van der Waals surface area contributed by atoms with Crippen molar-refractivity contribution in [2.24, 2.45) is 0 Å². The zero-order valence-corrected chi connectivity index (χ0v) is 86.3. The monoisotopic (exact) mass is 2130 g/mol. The molecular formula is C99H87Cl11F4N18O9. The number of carbonyl (C=O) groups excluding carboxylic acids is 3. The van der Waals surface area contributed by atoms with E-state index < -0.39 is 88.5 Å². The fourth-order valence-corrected chi connectivity index (χ4v) is 21.2. The smallest absolute Gasteiger partial charge is 0.276 e. The van der Waals surface area contributed by atoms with E-state index in [1.165, 1.54) is 50.1 Å². The maximum Gasteiger partial charge on any atom is 0.276 e. The Morgan fingerprint density at radius 1 is 0.383 bits per heavy atom. The normalized spacial score (nSPS) is 16.6. The van der Waals surface area contributed by atoms with Crippen molar-refractivity contribution >= 4 is 195 Å². The second-order valence-electron chi connectivity index (χ2n) is 35.1. The number of fused-ring (bicyclic) bond motifs is 3. The van der Waals surface area contributed by atoms with Gasteiger partial charge in [0.25, 0.3) is 16.7 Å². The molecule has 0 spiro atoms. The van der Waals surface area contributed by atoms with Crippen LogP contribution in [0.4, 0.5) is 34.6 Å². The van der Waals surface area contributed by atoms with E-state index in [0.29, 0.717) is 61.6 Å². The first-order chi connectivity index (χ1) is 66.5. The van der Waals surface area contributed by atoms with Gasteiger partial charge in [0.2, 0.25) is 17.7 Å². The van der Waals surface area contributed by atoms with Crippen LogP contribution in [0.15, 0.2) is 107 Å². The maximum absolute atomic E-state index is 15.6. The molecule has 3 amide bonds. The highest BCUT2D eigenvalue weighted by atomic mass is 35.5. The molecule has 3 fully saturated rings. The molecule has 3 aliphatic heterocycles. The summed E-state index contributed by atoms with van der Waals surface area (Å²) in [4.78, 5) is 120. The number of phenols is 3. The van der Waals surface area contributed by atoms with Crippen molar-refractivity contribution in [1.82, 2.24) is 58.3 Å². The number of aryl methyl sites for hydroxylation is 3. The number of piperazine rings is 3. The molecule has 6 atom stereocenters. The molecule has 3 N–H and O–H groups in total. The van der Waals surface area contributed by atoms with Gasteiger partial charge >= 0.3 is 0 Å². The first-order valence-electron chi connectivity index (χ1n) is 43.7. The van der Waals surface area contributed by atoms with Crippen molar-refractivity contribution in [3.8, 4) is 86.3 Å². The molecule has 3 saturated heterocycles. The third kappa shape index (κ3) is 18.7. The summed E-state index contributed by atoms with van der Waals surface area (Å²) in [7, 11) is 0. The Morgan fingerprint density at radius 3 is 0.844 bits per heavy atom. The van der Waals surface area contributed by atoms with Crippen molar-refractivity contribution in [3.05, 3.63) is 253 Å². The first kappa shape index (κ1) is 106. The van der Waals surface area contributed by atoms with Gasteiger partial charge in [0, 0.05) is 110 Å². The summed E-state index contributed by atoms with van der Waals surface area (Å²) in [5, 5.41) is 60.2. The minimum Gasteiger partial charge on any atom is -0.504 e. The molecular weight excluding hydrogens is 2050 g/mol. The van der Waals surface area contributed by atoms with E-state index in [1.807, 2.05) is 97.8 Å². The number of anilines is 3. The molecule has 3 aliphatic rings. The second-order valence-corrected chi connectivity index (χ2v) is 39.4. The molecule has 141 heavy (non-hydrogen) atoms. The predicted molar refractivity (Wildman–Crippen MR) is 547 cm³/mol. The summed E-state index contributed by atoms with van der Waals surface area (Å²) in [6.07, 6.45) is 8.57. The lowest BCUT2D eigenvalue weighted by atomic mass is 10.0. The van der Waals surface area contributed by atoms with Crippen LogP contribution in [0.2, 0.25) is 55.2 Å². The summed E-state index contributed by atoms with van der Waals surface area (Å²) >= 11 is 69.5. The number of amides is 3. The van der Waals surface area contributed by atoms with Gasteiger partial charge in [-0.15, -0.1) is 0 Å². The summed E-state index contributed by atoms with van der Waals surface area (Å²) < 4.78 is 64.4. The van der Waals surface area contributed by atoms with Crippen LogP contribution in [0, 0.1) is 78.0 Å². The Bertz CT molecular complexity index is 6870. The number of aromatic nitrogens is 9. The van der Waals surface area contributed by atoms with Crippen LogP contribution in [0.25, 0.3) is 83.9 Å². The number of nitrogens with zero attached hydrogens (tertiary/aromatic N) is 18. The zero-order valence-electron chi connectivity index (χ0n) is 78.0. The molecule has 0 aliphatic carbocycles. The highest BCUT2D eigenvalue weighted by Crippen LogP contribution is 2.53. The lowest BCUT2D eigenvalue weighted by molar-refractivity contribution is -0.131. The average molecular weight is 2140 g/mol. The summed E-state index contributed by atoms with van der Waals surface area (Å²) in [5.41, 5.74) is 0.547. The lowest BCUT2D eigenvalue weighted by Gasteiger charge is -2.45. The van der Waals surface area contributed by atoms with Crippen molar-refractivity contribution < 1.29 is 47.3 Å². The number of halogens is 15. The Hall–Kier alpha value is -12.0. The standard InChI is InChI=1S/2C33H29Cl4FN6O3.C33H29Cl3F2N6O3/c2*1-7-21(45)43-16(5)12-42(13-17(43)6)30-18-10-20(34)28(22-23(35)24(36)25(37)26(38)31(22)46)41-32(18)44(33(47)19(30)11-39)29-15(4)8-9-40-27(29)14(2)3;1-7-21(45)43-16(5)12-42(13-17(43)6)30-18-10-20(34)28(22-25(37)23(35)24(36)26(38)31(22)46)41-32(18)44(33(47)19(30)11-39)29-15(4)8-9-40-27(29)14(2)3/h3*7-10,14,16-17,46H,1,12-13H2,2-6H3/t3*16-,17+. The second kappa shape index (κ2) is 41.9. The first-order valence-corrected chi connectivity index (χ1v) is 47.8. The fraction of sp³-hybridized carbons (Fsp3) is 0.303. The van der Waals surface area contributed by atoms with E-state index in [1.54, 1.807) is 72.3 Å². The molecule has 15 rings (SSSR count). The summed E-state index contributed by atoms with van der Waals surface area (Å²) in [6, 6.07) is 13.8. The number of hydrogen-bond donors (Lipinski definition) is 3. The van der Waals surface area contributed by atoms with E-state index in [4.69, 9.17) is 138 Å². The number of aromatic hydroxyl groups is 3. The number of carbonyl (C=O) groups is 3. The van der Waals surface area contributed by atoms with Gasteiger partial charge in [-0.25, -0.2) is 32.5 Å². The quantitative estimate of drug-likeness (QED) is 0.0371. The Balaban J connectivity index is 0.000000178. The lowest BCUT2D eigenvalue weighted by Crippen LogP contribution is -2.58. The van der Waals surface area contributed by atoms with Gasteiger partial charge in [-0.2, -0.15) is 15.8 Å². The Labute approximate surface area is 861 Å². The van der Waals surface area contributed by atoms with Crippen molar-refractivity contribution in [2.75, 3.05) is 54.0 Å². The van der Waals surface area contributed by atoms with Gasteiger partial charge < -0.3 is 44.7 Å². The van der Waals surface area contributed by atoms with Gasteiger partial charge in [0.15, 0.2) is 40.5 Å². The summed E-state index contributed by atoms with van der Waals surface area (Å²) in [6.45, 7) is 40.2.